The van der Waals surface area contributed by atoms with Gasteiger partial charge in [-0.25, -0.2) is 0 Å². The number of carbonyl (C=O) groups excluding carboxylic acids is 1. The van der Waals surface area contributed by atoms with Crippen LogP contribution in [0.25, 0.3) is 0 Å². The Balaban J connectivity index is 2.66. The number of rotatable bonds is 4. The van der Waals surface area contributed by atoms with Crippen LogP contribution in [0.4, 0.5) is 0 Å². The van der Waals surface area contributed by atoms with Crippen molar-refractivity contribution in [2.75, 3.05) is 13.2 Å². The second-order valence-electron chi connectivity index (χ2n) is 3.43. The second-order valence-corrected chi connectivity index (χ2v) is 3.43. The third kappa shape index (κ3) is 2.39. The summed E-state index contributed by atoms with van der Waals surface area (Å²) in [5.41, 5.74) is -0.183. The van der Waals surface area contributed by atoms with Crippen LogP contribution in [0.5, 0.6) is 0 Å². The number of ether oxygens (including phenoxy) is 2. The summed E-state index contributed by atoms with van der Waals surface area (Å²) in [5.74, 6) is 0. The molecule has 0 saturated carbocycles. The number of hydrogen-bond donors (Lipinski definition) is 0. The van der Waals surface area contributed by atoms with Crippen LogP contribution in [0.15, 0.2) is 12.2 Å². The van der Waals surface area contributed by atoms with E-state index < -0.39 is 0 Å². The topological polar surface area (TPSA) is 35.5 Å². The van der Waals surface area contributed by atoms with Crippen LogP contribution in [0, 0.1) is 5.41 Å². The van der Waals surface area contributed by atoms with Gasteiger partial charge in [-0.2, -0.15) is 0 Å². The summed E-state index contributed by atoms with van der Waals surface area (Å²) >= 11 is 0. The third-order valence-electron chi connectivity index (χ3n) is 2.48. The van der Waals surface area contributed by atoms with Crippen LogP contribution in [-0.4, -0.2) is 25.8 Å². The van der Waals surface area contributed by atoms with Crippen molar-refractivity contribution in [3.8, 4) is 0 Å². The molecule has 1 atom stereocenters. The molecule has 0 N–H and O–H groups in total. The molecule has 0 aliphatic carbocycles. The summed E-state index contributed by atoms with van der Waals surface area (Å²) < 4.78 is 10.8. The summed E-state index contributed by atoms with van der Waals surface area (Å²) in [4.78, 5) is 10.2. The zero-order valence-corrected chi connectivity index (χ0v) is 8.16. The maximum atomic E-state index is 10.2. The van der Waals surface area contributed by atoms with Crippen molar-refractivity contribution in [2.45, 2.75) is 26.6 Å². The summed E-state index contributed by atoms with van der Waals surface area (Å²) in [7, 11) is 0. The Morgan fingerprint density at radius 2 is 2.08 bits per heavy atom. The van der Waals surface area contributed by atoms with E-state index in [-0.39, 0.29) is 11.7 Å². The highest BCUT2D eigenvalue weighted by molar-refractivity contribution is 5.64. The Hall–Kier alpha value is -0.670. The fraction of sp³-hybridized carbons (Fsp3) is 0.700. The van der Waals surface area contributed by atoms with Gasteiger partial charge in [-0.15, -0.1) is 0 Å². The first-order valence-corrected chi connectivity index (χ1v) is 4.59. The Labute approximate surface area is 78.7 Å². The number of aldehydes is 1. The Morgan fingerprint density at radius 3 is 2.54 bits per heavy atom. The van der Waals surface area contributed by atoms with E-state index in [9.17, 15) is 4.79 Å². The average molecular weight is 184 g/mol. The van der Waals surface area contributed by atoms with Gasteiger partial charge in [0.1, 0.15) is 6.29 Å². The van der Waals surface area contributed by atoms with Gasteiger partial charge >= 0.3 is 0 Å². The second kappa shape index (κ2) is 4.53. The molecular weight excluding hydrogens is 168 g/mol. The molecule has 1 aliphatic heterocycles. The first-order valence-electron chi connectivity index (χ1n) is 4.59. The Morgan fingerprint density at radius 1 is 1.46 bits per heavy atom. The average Bonchev–Trinajstić information content (AvgIpc) is 2.67. The van der Waals surface area contributed by atoms with Crippen molar-refractivity contribution in [1.29, 1.82) is 0 Å². The van der Waals surface area contributed by atoms with E-state index in [4.69, 9.17) is 9.47 Å². The molecule has 3 nitrogen and oxygen atoms in total. The van der Waals surface area contributed by atoms with Crippen molar-refractivity contribution in [2.24, 2.45) is 5.41 Å². The molecule has 1 saturated heterocycles. The van der Waals surface area contributed by atoms with Crippen molar-refractivity contribution in [3.63, 3.8) is 0 Å². The molecule has 0 aromatic carbocycles. The molecule has 0 aromatic heterocycles. The van der Waals surface area contributed by atoms with Gasteiger partial charge in [0.2, 0.25) is 0 Å². The molecule has 0 amide bonds. The summed E-state index contributed by atoms with van der Waals surface area (Å²) in [5, 5.41) is 0. The lowest BCUT2D eigenvalue weighted by atomic mass is 9.86. The Kier molecular flexibility index (Phi) is 3.63. The largest absolute Gasteiger partial charge is 0.349 e. The van der Waals surface area contributed by atoms with Gasteiger partial charge in [0, 0.05) is 5.41 Å². The van der Waals surface area contributed by atoms with Gasteiger partial charge in [0.15, 0.2) is 6.29 Å². The van der Waals surface area contributed by atoms with Crippen LogP contribution >= 0.6 is 0 Å². The smallest absolute Gasteiger partial charge is 0.166 e. The zero-order valence-electron chi connectivity index (χ0n) is 8.16. The minimum Gasteiger partial charge on any atom is -0.349 e. The maximum absolute atomic E-state index is 10.2. The van der Waals surface area contributed by atoms with E-state index >= 15 is 0 Å². The minimum absolute atomic E-state index is 0.183. The molecular formula is C10H16O3. The van der Waals surface area contributed by atoms with E-state index in [0.717, 1.165) is 12.7 Å². The predicted octanol–water partition coefficient (Wildman–Crippen LogP) is 1.53. The molecule has 3 heteroatoms. The lowest BCUT2D eigenvalue weighted by molar-refractivity contribution is -0.109. The molecule has 0 aromatic rings. The van der Waals surface area contributed by atoms with Crippen LogP contribution in [0.2, 0.25) is 0 Å². The molecule has 0 unspecified atom stereocenters. The van der Waals surface area contributed by atoms with Gasteiger partial charge in [-0.3, -0.25) is 4.79 Å². The van der Waals surface area contributed by atoms with E-state index in [1.807, 2.05) is 13.0 Å². The zero-order chi connectivity index (χ0) is 9.73. The molecule has 1 heterocycles. The SMILES string of the molecule is CC[C@@](C)(/C=C/C=O)C1OCCO1. The fourth-order valence-electron chi connectivity index (χ4n) is 1.36. The summed E-state index contributed by atoms with van der Waals surface area (Å²) in [6.45, 7) is 5.38. The highest BCUT2D eigenvalue weighted by atomic mass is 16.7. The van der Waals surface area contributed by atoms with Crippen LogP contribution in [-0.2, 0) is 14.3 Å². The highest BCUT2D eigenvalue weighted by Crippen LogP contribution is 2.32. The van der Waals surface area contributed by atoms with E-state index in [1.165, 1.54) is 6.08 Å². The fourth-order valence-corrected chi connectivity index (χ4v) is 1.36. The maximum Gasteiger partial charge on any atom is 0.166 e. The van der Waals surface area contributed by atoms with E-state index in [2.05, 4.69) is 6.92 Å². The van der Waals surface area contributed by atoms with Gasteiger partial charge < -0.3 is 9.47 Å². The van der Waals surface area contributed by atoms with Crippen LogP contribution in [0.3, 0.4) is 0 Å². The van der Waals surface area contributed by atoms with Crippen molar-refractivity contribution in [3.05, 3.63) is 12.2 Å². The summed E-state index contributed by atoms with van der Waals surface area (Å²) in [6, 6.07) is 0. The number of carbonyl (C=O) groups is 1. The normalized spacial score (nSPS) is 23.5. The molecule has 1 aliphatic rings. The van der Waals surface area contributed by atoms with Crippen LogP contribution in [0.1, 0.15) is 20.3 Å². The van der Waals surface area contributed by atoms with E-state index in [0.29, 0.717) is 13.2 Å². The standard InChI is InChI=1S/C10H16O3/c1-3-10(2,5-4-6-11)9-12-7-8-13-9/h4-6,9H,3,7-8H2,1-2H3/b5-4+/t10-/m0/s1. The molecule has 74 valence electrons. The van der Waals surface area contributed by atoms with Gasteiger partial charge in [0.25, 0.3) is 0 Å². The van der Waals surface area contributed by atoms with Crippen molar-refractivity contribution in [1.82, 2.24) is 0 Å². The molecule has 0 bridgehead atoms. The van der Waals surface area contributed by atoms with Crippen molar-refractivity contribution < 1.29 is 14.3 Å². The third-order valence-corrected chi connectivity index (χ3v) is 2.48. The molecule has 0 spiro atoms. The van der Waals surface area contributed by atoms with E-state index in [1.54, 1.807) is 0 Å². The van der Waals surface area contributed by atoms with Crippen LogP contribution < -0.4 is 0 Å². The molecule has 1 fully saturated rings. The monoisotopic (exact) mass is 184 g/mol. The number of hydrogen-bond acceptors (Lipinski definition) is 3. The lowest BCUT2D eigenvalue weighted by Gasteiger charge is -2.29. The molecule has 13 heavy (non-hydrogen) atoms. The first kappa shape index (κ1) is 10.4. The quantitative estimate of drug-likeness (QED) is 0.491. The molecule has 0 radical (unpaired) electrons. The van der Waals surface area contributed by atoms with Gasteiger partial charge in [-0.1, -0.05) is 19.9 Å². The lowest BCUT2D eigenvalue weighted by Crippen LogP contribution is -2.30. The predicted molar refractivity (Wildman–Crippen MR) is 49.3 cm³/mol. The van der Waals surface area contributed by atoms with Gasteiger partial charge in [0.05, 0.1) is 13.2 Å². The van der Waals surface area contributed by atoms with Crippen molar-refractivity contribution >= 4 is 6.29 Å². The van der Waals surface area contributed by atoms with Gasteiger partial charge in [-0.05, 0) is 12.5 Å². The Bertz CT molecular complexity index is 194. The highest BCUT2D eigenvalue weighted by Gasteiger charge is 2.34. The number of allylic oxidation sites excluding steroid dienone is 1. The summed E-state index contributed by atoms with van der Waals surface area (Å²) in [6.07, 6.45) is 4.84. The first-order chi connectivity index (χ1) is 6.23. The molecule has 1 rings (SSSR count). The minimum atomic E-state index is -0.200.